The zero-order valence-corrected chi connectivity index (χ0v) is 11.1. The second kappa shape index (κ2) is 7.03. The molecule has 0 fully saturated rings. The van der Waals surface area contributed by atoms with Crippen molar-refractivity contribution in [2.75, 3.05) is 33.0 Å². The van der Waals surface area contributed by atoms with Gasteiger partial charge in [0, 0.05) is 26.3 Å². The van der Waals surface area contributed by atoms with Gasteiger partial charge in [0.2, 0.25) is 0 Å². The molecule has 1 rings (SSSR count). The summed E-state index contributed by atoms with van der Waals surface area (Å²) < 4.78 is 4.84. The first-order valence-corrected chi connectivity index (χ1v) is 5.82. The van der Waals surface area contributed by atoms with Crippen molar-refractivity contribution >= 4 is 11.4 Å². The Hall–Kier alpha value is -1.70. The van der Waals surface area contributed by atoms with Crippen molar-refractivity contribution in [3.63, 3.8) is 0 Å². The topological polar surface area (TPSA) is 102 Å². The zero-order valence-electron chi connectivity index (χ0n) is 11.1. The number of nitrogens with two attached hydrogens (primary N) is 1. The predicted octanol–water partition coefficient (Wildman–Crippen LogP) is 0.616. The highest BCUT2D eigenvalue weighted by Gasteiger charge is 2.13. The first kappa shape index (κ1) is 15.4. The molecule has 0 saturated heterocycles. The van der Waals surface area contributed by atoms with Gasteiger partial charge in [-0.15, -0.1) is 0 Å². The maximum absolute atomic E-state index is 10.6. The van der Waals surface area contributed by atoms with Crippen molar-refractivity contribution < 1.29 is 14.8 Å². The standard InChI is InChI=1S/C12H19N3O4/c1-14(7-10(16)8-19-2)6-9-3-4-12(15(17)18)11(13)5-9/h3-5,10,16H,6-8,13H2,1-2H3. The molecule has 0 radical (unpaired) electrons. The van der Waals surface area contributed by atoms with Crippen LogP contribution in [0.5, 0.6) is 0 Å². The summed E-state index contributed by atoms with van der Waals surface area (Å²) in [6, 6.07) is 4.63. The number of nitro benzene ring substituents is 1. The second-order valence-electron chi connectivity index (χ2n) is 4.46. The number of nitro groups is 1. The van der Waals surface area contributed by atoms with Gasteiger partial charge in [0.05, 0.1) is 17.6 Å². The van der Waals surface area contributed by atoms with Gasteiger partial charge in [-0.05, 0) is 18.7 Å². The molecule has 1 unspecified atom stereocenters. The van der Waals surface area contributed by atoms with Crippen LogP contribution in [0.25, 0.3) is 0 Å². The lowest BCUT2D eigenvalue weighted by Gasteiger charge is -2.20. The molecule has 0 bridgehead atoms. The number of hydrogen-bond donors (Lipinski definition) is 2. The largest absolute Gasteiger partial charge is 0.393 e. The normalized spacial score (nSPS) is 12.6. The SMILES string of the molecule is COCC(O)CN(C)Cc1ccc([N+](=O)[O-])c(N)c1. The molecule has 106 valence electrons. The number of benzene rings is 1. The Balaban J connectivity index is 2.62. The molecule has 19 heavy (non-hydrogen) atoms. The van der Waals surface area contributed by atoms with Gasteiger partial charge in [-0.1, -0.05) is 6.07 Å². The quantitative estimate of drug-likeness (QED) is 0.427. The number of likely N-dealkylation sites (N-methyl/N-ethyl adjacent to an activating group) is 1. The van der Waals surface area contributed by atoms with Gasteiger partial charge in [0.15, 0.2) is 0 Å². The molecule has 1 atom stereocenters. The fourth-order valence-electron chi connectivity index (χ4n) is 1.85. The van der Waals surface area contributed by atoms with Crippen LogP contribution in [0.3, 0.4) is 0 Å². The third-order valence-corrected chi connectivity index (χ3v) is 2.62. The Morgan fingerprint density at radius 1 is 1.58 bits per heavy atom. The molecule has 3 N–H and O–H groups in total. The number of rotatable bonds is 7. The highest BCUT2D eigenvalue weighted by Crippen LogP contribution is 2.22. The van der Waals surface area contributed by atoms with Crippen LogP contribution in [-0.2, 0) is 11.3 Å². The van der Waals surface area contributed by atoms with E-state index in [0.29, 0.717) is 13.1 Å². The fraction of sp³-hybridized carbons (Fsp3) is 0.500. The maximum Gasteiger partial charge on any atom is 0.292 e. The van der Waals surface area contributed by atoms with Crippen molar-refractivity contribution in [3.05, 3.63) is 33.9 Å². The average molecular weight is 269 g/mol. The molecule has 1 aromatic rings. The molecule has 1 aromatic carbocycles. The Morgan fingerprint density at radius 2 is 2.26 bits per heavy atom. The van der Waals surface area contributed by atoms with Crippen molar-refractivity contribution in [2.24, 2.45) is 0 Å². The Bertz CT molecular complexity index is 439. The van der Waals surface area contributed by atoms with Gasteiger partial charge >= 0.3 is 0 Å². The summed E-state index contributed by atoms with van der Waals surface area (Å²) in [5.74, 6) is 0. The van der Waals surface area contributed by atoms with Crippen LogP contribution < -0.4 is 5.73 Å². The molecule has 0 saturated carbocycles. The van der Waals surface area contributed by atoms with E-state index in [1.165, 1.54) is 13.2 Å². The summed E-state index contributed by atoms with van der Waals surface area (Å²) in [6.45, 7) is 1.26. The zero-order chi connectivity index (χ0) is 14.4. The summed E-state index contributed by atoms with van der Waals surface area (Å²) in [7, 11) is 3.37. The van der Waals surface area contributed by atoms with Crippen LogP contribution in [0.4, 0.5) is 11.4 Å². The van der Waals surface area contributed by atoms with Crippen molar-refractivity contribution in [1.29, 1.82) is 0 Å². The Morgan fingerprint density at radius 3 is 2.79 bits per heavy atom. The van der Waals surface area contributed by atoms with Gasteiger partial charge in [-0.25, -0.2) is 0 Å². The van der Waals surface area contributed by atoms with Crippen LogP contribution in [0, 0.1) is 10.1 Å². The van der Waals surface area contributed by atoms with E-state index in [1.54, 1.807) is 12.1 Å². The molecule has 0 aliphatic rings. The van der Waals surface area contributed by atoms with E-state index >= 15 is 0 Å². The van der Waals surface area contributed by atoms with E-state index in [1.807, 2.05) is 11.9 Å². The molecule has 0 spiro atoms. The molecule has 0 amide bonds. The van der Waals surface area contributed by atoms with E-state index in [9.17, 15) is 15.2 Å². The van der Waals surface area contributed by atoms with Gasteiger partial charge in [0.25, 0.3) is 5.69 Å². The first-order chi connectivity index (χ1) is 8.93. The molecule has 0 aliphatic heterocycles. The average Bonchev–Trinajstić information content (AvgIpc) is 2.28. The number of ether oxygens (including phenoxy) is 1. The van der Waals surface area contributed by atoms with Crippen LogP contribution in [0.2, 0.25) is 0 Å². The summed E-state index contributed by atoms with van der Waals surface area (Å²) in [4.78, 5) is 12.0. The monoisotopic (exact) mass is 269 g/mol. The maximum atomic E-state index is 10.6. The number of aliphatic hydroxyl groups is 1. The van der Waals surface area contributed by atoms with E-state index in [2.05, 4.69) is 0 Å². The number of nitrogen functional groups attached to an aromatic ring is 1. The predicted molar refractivity (Wildman–Crippen MR) is 71.7 cm³/mol. The van der Waals surface area contributed by atoms with Gasteiger partial charge in [-0.3, -0.25) is 15.0 Å². The van der Waals surface area contributed by atoms with Crippen molar-refractivity contribution in [1.82, 2.24) is 4.90 Å². The van der Waals surface area contributed by atoms with Crippen LogP contribution in [0.15, 0.2) is 18.2 Å². The third-order valence-electron chi connectivity index (χ3n) is 2.62. The molecule has 7 nitrogen and oxygen atoms in total. The number of nitrogens with zero attached hydrogens (tertiary/aromatic N) is 2. The van der Waals surface area contributed by atoms with Crippen molar-refractivity contribution in [2.45, 2.75) is 12.6 Å². The van der Waals surface area contributed by atoms with E-state index < -0.39 is 11.0 Å². The minimum Gasteiger partial charge on any atom is -0.393 e. The molecule has 7 heteroatoms. The van der Waals surface area contributed by atoms with E-state index in [0.717, 1.165) is 5.56 Å². The third kappa shape index (κ3) is 4.82. The summed E-state index contributed by atoms with van der Waals surface area (Å²) in [5.41, 5.74) is 6.53. The number of aliphatic hydroxyl groups excluding tert-OH is 1. The van der Waals surface area contributed by atoms with Crippen molar-refractivity contribution in [3.8, 4) is 0 Å². The minimum absolute atomic E-state index is 0.0918. The van der Waals surface area contributed by atoms with E-state index in [4.69, 9.17) is 10.5 Å². The first-order valence-electron chi connectivity index (χ1n) is 5.82. The van der Waals surface area contributed by atoms with Crippen LogP contribution in [-0.4, -0.2) is 48.3 Å². The second-order valence-corrected chi connectivity index (χ2v) is 4.46. The lowest BCUT2D eigenvalue weighted by Crippen LogP contribution is -2.31. The molecule has 0 aliphatic carbocycles. The summed E-state index contributed by atoms with van der Waals surface area (Å²) >= 11 is 0. The summed E-state index contributed by atoms with van der Waals surface area (Å²) in [5, 5.41) is 20.2. The van der Waals surface area contributed by atoms with Gasteiger partial charge in [-0.2, -0.15) is 0 Å². The number of hydrogen-bond acceptors (Lipinski definition) is 6. The van der Waals surface area contributed by atoms with Crippen LogP contribution >= 0.6 is 0 Å². The highest BCUT2D eigenvalue weighted by molar-refractivity contribution is 5.59. The smallest absolute Gasteiger partial charge is 0.292 e. The Labute approximate surface area is 111 Å². The van der Waals surface area contributed by atoms with E-state index in [-0.39, 0.29) is 18.0 Å². The van der Waals surface area contributed by atoms with Crippen LogP contribution in [0.1, 0.15) is 5.56 Å². The van der Waals surface area contributed by atoms with Gasteiger partial charge < -0.3 is 15.6 Å². The molecular formula is C12H19N3O4. The molecular weight excluding hydrogens is 250 g/mol. The van der Waals surface area contributed by atoms with Gasteiger partial charge in [0.1, 0.15) is 5.69 Å². The lowest BCUT2D eigenvalue weighted by molar-refractivity contribution is -0.383. The fourth-order valence-corrected chi connectivity index (χ4v) is 1.85. The number of anilines is 1. The minimum atomic E-state index is -0.564. The molecule has 0 heterocycles. The Kier molecular flexibility index (Phi) is 5.68. The highest BCUT2D eigenvalue weighted by atomic mass is 16.6. The summed E-state index contributed by atoms with van der Waals surface area (Å²) in [6.07, 6.45) is -0.564. The molecule has 0 aromatic heterocycles. The lowest BCUT2D eigenvalue weighted by atomic mass is 10.1. The number of methoxy groups -OCH3 is 1.